The Labute approximate surface area is 418 Å². The molecule has 0 bridgehead atoms. The molecule has 0 amide bonds. The van der Waals surface area contributed by atoms with Gasteiger partial charge in [-0.05, 0) is 44.9 Å². The monoisotopic (exact) mass is 945 g/mol. The molecule has 0 spiro atoms. The summed E-state index contributed by atoms with van der Waals surface area (Å²) in [5.74, 6) is -0.843. The largest absolute Gasteiger partial charge is 0.462 e. The van der Waals surface area contributed by atoms with E-state index in [2.05, 4.69) is 32.9 Å². The summed E-state index contributed by atoms with van der Waals surface area (Å²) < 4.78 is 16.9. The van der Waals surface area contributed by atoms with Crippen molar-refractivity contribution in [2.75, 3.05) is 13.2 Å². The number of rotatable bonds is 56. The highest BCUT2D eigenvalue weighted by atomic mass is 16.6. The van der Waals surface area contributed by atoms with Gasteiger partial charge >= 0.3 is 17.9 Å². The van der Waals surface area contributed by atoms with Gasteiger partial charge in [0, 0.05) is 19.3 Å². The van der Waals surface area contributed by atoms with E-state index in [0.717, 1.165) is 57.8 Å². The molecule has 0 fully saturated rings. The van der Waals surface area contributed by atoms with Crippen LogP contribution in [-0.2, 0) is 28.6 Å². The molecule has 67 heavy (non-hydrogen) atoms. The van der Waals surface area contributed by atoms with Gasteiger partial charge in [-0.1, -0.05) is 290 Å². The van der Waals surface area contributed by atoms with Crippen molar-refractivity contribution in [2.45, 2.75) is 348 Å². The minimum absolute atomic E-state index is 0.0644. The Morgan fingerprint density at radius 1 is 0.284 bits per heavy atom. The van der Waals surface area contributed by atoms with E-state index in [4.69, 9.17) is 14.2 Å². The molecule has 0 radical (unpaired) electrons. The van der Waals surface area contributed by atoms with Crippen LogP contribution in [0.5, 0.6) is 0 Å². The third-order valence-electron chi connectivity index (χ3n) is 13.8. The van der Waals surface area contributed by atoms with Crippen molar-refractivity contribution in [3.63, 3.8) is 0 Å². The normalized spacial score (nSPS) is 12.0. The lowest BCUT2D eigenvalue weighted by atomic mass is 10.0. The molecule has 0 aromatic carbocycles. The highest BCUT2D eigenvalue weighted by Gasteiger charge is 2.19. The first kappa shape index (κ1) is 65.1. The molecule has 0 saturated carbocycles. The van der Waals surface area contributed by atoms with Crippen LogP contribution in [-0.4, -0.2) is 37.2 Å². The SMILES string of the molecule is CCCCCCCCCC/C=C\CCCCCCCCCCCCCC(=O)OCC(COC(=O)CCCCCCCCCCC)OC(=O)CCCCCCCCCCCCCCCCCCC. The van der Waals surface area contributed by atoms with Crippen LogP contribution in [0.4, 0.5) is 0 Å². The van der Waals surface area contributed by atoms with Gasteiger partial charge in [-0.3, -0.25) is 14.4 Å². The first-order chi connectivity index (χ1) is 33.0. The number of hydrogen-bond donors (Lipinski definition) is 0. The molecule has 0 rings (SSSR count). The molecule has 0 aliphatic rings. The van der Waals surface area contributed by atoms with Crippen molar-refractivity contribution < 1.29 is 28.6 Å². The predicted molar refractivity (Wildman–Crippen MR) is 289 cm³/mol. The molecule has 1 atom stereocenters. The highest BCUT2D eigenvalue weighted by molar-refractivity contribution is 5.71. The van der Waals surface area contributed by atoms with Crippen molar-refractivity contribution in [1.82, 2.24) is 0 Å². The fraction of sp³-hybridized carbons (Fsp3) is 0.918. The Morgan fingerprint density at radius 3 is 0.746 bits per heavy atom. The van der Waals surface area contributed by atoms with E-state index in [1.807, 2.05) is 0 Å². The van der Waals surface area contributed by atoms with Gasteiger partial charge < -0.3 is 14.2 Å². The summed E-state index contributed by atoms with van der Waals surface area (Å²) in [4.78, 5) is 38.1. The maximum absolute atomic E-state index is 12.8. The van der Waals surface area contributed by atoms with Gasteiger partial charge in [-0.15, -0.1) is 0 Å². The fourth-order valence-electron chi connectivity index (χ4n) is 9.21. The quantitative estimate of drug-likeness (QED) is 0.0262. The van der Waals surface area contributed by atoms with E-state index in [1.165, 1.54) is 244 Å². The van der Waals surface area contributed by atoms with Gasteiger partial charge in [0.25, 0.3) is 0 Å². The van der Waals surface area contributed by atoms with Crippen LogP contribution >= 0.6 is 0 Å². The Kier molecular flexibility index (Phi) is 55.2. The zero-order chi connectivity index (χ0) is 48.6. The van der Waals surface area contributed by atoms with E-state index < -0.39 is 6.10 Å². The smallest absolute Gasteiger partial charge is 0.306 e. The van der Waals surface area contributed by atoms with Crippen LogP contribution in [0.25, 0.3) is 0 Å². The number of carbonyl (C=O) groups excluding carboxylic acids is 3. The summed E-state index contributed by atoms with van der Waals surface area (Å²) in [5, 5.41) is 0. The van der Waals surface area contributed by atoms with Gasteiger partial charge in [-0.2, -0.15) is 0 Å². The van der Waals surface area contributed by atoms with Gasteiger partial charge in [0.15, 0.2) is 6.10 Å². The molecule has 396 valence electrons. The Balaban J connectivity index is 4.17. The second-order valence-corrected chi connectivity index (χ2v) is 20.6. The third kappa shape index (κ3) is 55.0. The molecular formula is C61H116O6. The number of unbranched alkanes of at least 4 members (excludes halogenated alkanes) is 43. The van der Waals surface area contributed by atoms with E-state index in [1.54, 1.807) is 0 Å². The Hall–Kier alpha value is -1.85. The minimum Gasteiger partial charge on any atom is -0.462 e. The number of allylic oxidation sites excluding steroid dienone is 2. The minimum atomic E-state index is -0.763. The van der Waals surface area contributed by atoms with Crippen LogP contribution in [0.2, 0.25) is 0 Å². The Bertz CT molecular complexity index is 1040. The van der Waals surface area contributed by atoms with Crippen molar-refractivity contribution >= 4 is 17.9 Å². The molecule has 0 aromatic rings. The number of carbonyl (C=O) groups is 3. The lowest BCUT2D eigenvalue weighted by Gasteiger charge is -2.18. The maximum Gasteiger partial charge on any atom is 0.306 e. The molecule has 6 heteroatoms. The van der Waals surface area contributed by atoms with Crippen LogP contribution in [0, 0.1) is 0 Å². The summed E-state index contributed by atoms with van der Waals surface area (Å²) >= 11 is 0. The average Bonchev–Trinajstić information content (AvgIpc) is 3.33. The van der Waals surface area contributed by atoms with Crippen LogP contribution in [0.15, 0.2) is 12.2 Å². The van der Waals surface area contributed by atoms with E-state index >= 15 is 0 Å². The second-order valence-electron chi connectivity index (χ2n) is 20.6. The molecule has 0 saturated heterocycles. The number of esters is 3. The molecule has 0 N–H and O–H groups in total. The first-order valence-electron chi connectivity index (χ1n) is 30.2. The van der Waals surface area contributed by atoms with E-state index in [0.29, 0.717) is 19.3 Å². The van der Waals surface area contributed by atoms with Gasteiger partial charge in [0.1, 0.15) is 13.2 Å². The highest BCUT2D eigenvalue weighted by Crippen LogP contribution is 2.17. The molecule has 6 nitrogen and oxygen atoms in total. The van der Waals surface area contributed by atoms with Gasteiger partial charge in [0.05, 0.1) is 0 Å². The molecule has 0 aliphatic heterocycles. The molecule has 1 unspecified atom stereocenters. The fourth-order valence-corrected chi connectivity index (χ4v) is 9.21. The molecule has 0 aromatic heterocycles. The van der Waals surface area contributed by atoms with Crippen molar-refractivity contribution in [3.05, 3.63) is 12.2 Å². The zero-order valence-electron chi connectivity index (χ0n) is 45.5. The zero-order valence-corrected chi connectivity index (χ0v) is 45.5. The molecular weight excluding hydrogens is 829 g/mol. The van der Waals surface area contributed by atoms with E-state index in [9.17, 15) is 14.4 Å². The van der Waals surface area contributed by atoms with Gasteiger partial charge in [0.2, 0.25) is 0 Å². The predicted octanol–water partition coefficient (Wildman–Crippen LogP) is 20.1. The van der Waals surface area contributed by atoms with Crippen LogP contribution in [0.3, 0.4) is 0 Å². The first-order valence-corrected chi connectivity index (χ1v) is 30.2. The van der Waals surface area contributed by atoms with E-state index in [-0.39, 0.29) is 31.1 Å². The van der Waals surface area contributed by atoms with Crippen molar-refractivity contribution in [1.29, 1.82) is 0 Å². The van der Waals surface area contributed by atoms with Crippen LogP contribution in [0.1, 0.15) is 342 Å². The summed E-state index contributed by atoms with van der Waals surface area (Å²) in [7, 11) is 0. The lowest BCUT2D eigenvalue weighted by molar-refractivity contribution is -0.167. The molecule has 0 aliphatic carbocycles. The van der Waals surface area contributed by atoms with Crippen molar-refractivity contribution in [2.24, 2.45) is 0 Å². The average molecular weight is 946 g/mol. The van der Waals surface area contributed by atoms with Crippen LogP contribution < -0.4 is 0 Å². The second kappa shape index (κ2) is 56.7. The summed E-state index contributed by atoms with van der Waals surface area (Å²) in [6.45, 7) is 6.68. The topological polar surface area (TPSA) is 78.9 Å². The van der Waals surface area contributed by atoms with Gasteiger partial charge in [-0.25, -0.2) is 0 Å². The maximum atomic E-state index is 12.8. The summed E-state index contributed by atoms with van der Waals surface area (Å²) in [5.41, 5.74) is 0. The standard InChI is InChI=1S/C61H116O6/c1-4-7-10-13-16-19-21-23-25-27-28-29-30-31-32-34-35-37-39-42-45-48-51-54-60(63)66-57-58(56-65-59(62)53-50-47-44-41-18-15-12-9-6-3)67-61(64)55-52-49-46-43-40-38-36-33-26-24-22-20-17-14-11-8-5-2/h27-28,58H,4-26,29-57H2,1-3H3/b28-27-. The lowest BCUT2D eigenvalue weighted by Crippen LogP contribution is -2.30. The number of hydrogen-bond acceptors (Lipinski definition) is 6. The van der Waals surface area contributed by atoms with Crippen molar-refractivity contribution in [3.8, 4) is 0 Å². The molecule has 0 heterocycles. The Morgan fingerprint density at radius 2 is 0.493 bits per heavy atom. The summed E-state index contributed by atoms with van der Waals surface area (Å²) in [6.07, 6.45) is 65.1. The summed E-state index contributed by atoms with van der Waals surface area (Å²) in [6, 6.07) is 0. The third-order valence-corrected chi connectivity index (χ3v) is 13.8. The number of ether oxygens (including phenoxy) is 3.